The number of hydrogen-bond acceptors (Lipinski definition) is 4. The van der Waals surface area contributed by atoms with Gasteiger partial charge < -0.3 is 15.6 Å². The Labute approximate surface area is 76.3 Å². The number of hydrogen-bond donors (Lipinski definition) is 2. The monoisotopic (exact) mass is 183 g/mol. The van der Waals surface area contributed by atoms with Crippen LogP contribution >= 0.6 is 0 Å². The van der Waals surface area contributed by atoms with E-state index < -0.39 is 0 Å². The van der Waals surface area contributed by atoms with Crippen LogP contribution in [0.5, 0.6) is 0 Å². The van der Waals surface area contributed by atoms with E-state index in [0.717, 1.165) is 6.42 Å². The van der Waals surface area contributed by atoms with Crippen LogP contribution in [-0.4, -0.2) is 17.6 Å². The quantitative estimate of drug-likeness (QED) is 0.716. The predicted molar refractivity (Wildman–Crippen MR) is 48.0 cm³/mol. The number of aromatic nitrogens is 1. The van der Waals surface area contributed by atoms with E-state index in [1.807, 2.05) is 6.92 Å². The van der Waals surface area contributed by atoms with Gasteiger partial charge in [-0.1, -0.05) is 12.1 Å². The van der Waals surface area contributed by atoms with Crippen LogP contribution in [0.4, 0.5) is 5.82 Å². The third-order valence-corrected chi connectivity index (χ3v) is 1.84. The molecule has 0 aliphatic heterocycles. The van der Waals surface area contributed by atoms with Crippen LogP contribution in [-0.2, 0) is 4.79 Å². The molecule has 13 heavy (non-hydrogen) atoms. The smallest absolute Gasteiger partial charge is 0.229 e. The number of rotatable bonds is 4. The summed E-state index contributed by atoms with van der Waals surface area (Å²) in [5.41, 5.74) is 5.41. The van der Waals surface area contributed by atoms with Crippen molar-refractivity contribution < 1.29 is 9.32 Å². The van der Waals surface area contributed by atoms with E-state index in [0.29, 0.717) is 12.4 Å². The maximum atomic E-state index is 11.4. The van der Waals surface area contributed by atoms with Crippen molar-refractivity contribution in [3.63, 3.8) is 0 Å². The molecule has 1 unspecified atom stereocenters. The van der Waals surface area contributed by atoms with Crippen molar-refractivity contribution in [3.05, 3.63) is 12.3 Å². The normalized spacial score (nSPS) is 12.5. The van der Waals surface area contributed by atoms with Gasteiger partial charge in [0.2, 0.25) is 5.91 Å². The van der Waals surface area contributed by atoms with Gasteiger partial charge in [0.05, 0.1) is 5.92 Å². The molecule has 5 nitrogen and oxygen atoms in total. The summed E-state index contributed by atoms with van der Waals surface area (Å²) in [5, 5.41) is 6.16. The SMILES string of the molecule is CCC(CN)C(=O)Nc1ccon1. The first kappa shape index (κ1) is 9.73. The number of anilines is 1. The lowest BCUT2D eigenvalue weighted by atomic mass is 10.1. The summed E-state index contributed by atoms with van der Waals surface area (Å²) in [7, 11) is 0. The summed E-state index contributed by atoms with van der Waals surface area (Å²) < 4.78 is 4.57. The molecular formula is C8H13N3O2. The summed E-state index contributed by atoms with van der Waals surface area (Å²) in [6, 6.07) is 1.58. The van der Waals surface area contributed by atoms with Crippen molar-refractivity contribution in [2.24, 2.45) is 11.7 Å². The number of carbonyl (C=O) groups excluding carboxylic acids is 1. The zero-order valence-corrected chi connectivity index (χ0v) is 7.49. The first-order chi connectivity index (χ1) is 6.27. The fourth-order valence-corrected chi connectivity index (χ4v) is 0.964. The summed E-state index contributed by atoms with van der Waals surface area (Å²) in [4.78, 5) is 11.4. The minimum Gasteiger partial charge on any atom is -0.363 e. The maximum absolute atomic E-state index is 11.4. The van der Waals surface area contributed by atoms with Crippen molar-refractivity contribution in [2.45, 2.75) is 13.3 Å². The molecule has 3 N–H and O–H groups in total. The van der Waals surface area contributed by atoms with E-state index in [1.165, 1.54) is 6.26 Å². The minimum atomic E-state index is -0.156. The van der Waals surface area contributed by atoms with Crippen LogP contribution in [0.1, 0.15) is 13.3 Å². The second-order valence-corrected chi connectivity index (χ2v) is 2.71. The van der Waals surface area contributed by atoms with E-state index in [4.69, 9.17) is 5.73 Å². The lowest BCUT2D eigenvalue weighted by molar-refractivity contribution is -0.119. The minimum absolute atomic E-state index is 0.112. The van der Waals surface area contributed by atoms with Crippen molar-refractivity contribution in [3.8, 4) is 0 Å². The molecule has 1 aromatic heterocycles. The van der Waals surface area contributed by atoms with Crippen LogP contribution in [0.15, 0.2) is 16.9 Å². The molecule has 0 aliphatic carbocycles. The average molecular weight is 183 g/mol. The fraction of sp³-hybridized carbons (Fsp3) is 0.500. The van der Waals surface area contributed by atoms with E-state index in [-0.39, 0.29) is 11.8 Å². The Kier molecular flexibility index (Phi) is 3.45. The number of nitrogens with two attached hydrogens (primary N) is 1. The van der Waals surface area contributed by atoms with Crippen LogP contribution in [0.2, 0.25) is 0 Å². The highest BCUT2D eigenvalue weighted by atomic mass is 16.5. The van der Waals surface area contributed by atoms with Gasteiger partial charge in [0.15, 0.2) is 5.82 Å². The Morgan fingerprint density at radius 2 is 2.62 bits per heavy atom. The van der Waals surface area contributed by atoms with Crippen molar-refractivity contribution in [1.82, 2.24) is 5.16 Å². The van der Waals surface area contributed by atoms with E-state index in [9.17, 15) is 4.79 Å². The van der Waals surface area contributed by atoms with Gasteiger partial charge in [-0.25, -0.2) is 0 Å². The Bertz CT molecular complexity index is 254. The van der Waals surface area contributed by atoms with E-state index >= 15 is 0 Å². The Morgan fingerprint density at radius 3 is 3.08 bits per heavy atom. The molecule has 0 saturated heterocycles. The molecule has 0 spiro atoms. The molecule has 0 aromatic carbocycles. The lowest BCUT2D eigenvalue weighted by Gasteiger charge is -2.09. The van der Waals surface area contributed by atoms with Gasteiger partial charge in [0.1, 0.15) is 6.26 Å². The van der Waals surface area contributed by atoms with Gasteiger partial charge in [-0.15, -0.1) is 0 Å². The highest BCUT2D eigenvalue weighted by molar-refractivity contribution is 5.91. The second kappa shape index (κ2) is 4.61. The number of nitrogens with one attached hydrogen (secondary N) is 1. The third kappa shape index (κ3) is 2.55. The Morgan fingerprint density at radius 1 is 1.85 bits per heavy atom. The fourth-order valence-electron chi connectivity index (χ4n) is 0.964. The summed E-state index contributed by atoms with van der Waals surface area (Å²) in [6.45, 7) is 2.26. The molecule has 1 amide bonds. The highest BCUT2D eigenvalue weighted by Crippen LogP contribution is 2.06. The standard InChI is InChI=1S/C8H13N3O2/c1-2-6(5-9)8(12)10-7-3-4-13-11-7/h3-4,6H,2,5,9H2,1H3,(H,10,11,12). The number of amides is 1. The molecule has 72 valence electrons. The van der Waals surface area contributed by atoms with Gasteiger partial charge in [-0.05, 0) is 6.42 Å². The molecular weight excluding hydrogens is 170 g/mol. The van der Waals surface area contributed by atoms with Gasteiger partial charge >= 0.3 is 0 Å². The zero-order chi connectivity index (χ0) is 9.68. The molecule has 0 saturated carbocycles. The molecule has 0 bridgehead atoms. The van der Waals surface area contributed by atoms with Crippen molar-refractivity contribution in [1.29, 1.82) is 0 Å². The average Bonchev–Trinajstić information content (AvgIpc) is 2.59. The van der Waals surface area contributed by atoms with Crippen LogP contribution in [0.3, 0.4) is 0 Å². The van der Waals surface area contributed by atoms with Crippen LogP contribution in [0.25, 0.3) is 0 Å². The van der Waals surface area contributed by atoms with Crippen molar-refractivity contribution in [2.75, 3.05) is 11.9 Å². The van der Waals surface area contributed by atoms with Gasteiger partial charge in [0, 0.05) is 12.6 Å². The van der Waals surface area contributed by atoms with E-state index in [1.54, 1.807) is 6.07 Å². The lowest BCUT2D eigenvalue weighted by Crippen LogP contribution is -2.28. The maximum Gasteiger partial charge on any atom is 0.229 e. The summed E-state index contributed by atoms with van der Waals surface area (Å²) >= 11 is 0. The topological polar surface area (TPSA) is 81.2 Å². The first-order valence-corrected chi connectivity index (χ1v) is 4.19. The van der Waals surface area contributed by atoms with Crippen LogP contribution < -0.4 is 11.1 Å². The van der Waals surface area contributed by atoms with Gasteiger partial charge in [-0.3, -0.25) is 4.79 Å². The highest BCUT2D eigenvalue weighted by Gasteiger charge is 2.14. The van der Waals surface area contributed by atoms with Crippen LogP contribution in [0, 0.1) is 5.92 Å². The Hall–Kier alpha value is -1.36. The molecule has 5 heteroatoms. The first-order valence-electron chi connectivity index (χ1n) is 4.19. The van der Waals surface area contributed by atoms with Gasteiger partial charge in [0.25, 0.3) is 0 Å². The number of carbonyl (C=O) groups is 1. The predicted octanol–water partition coefficient (Wildman–Crippen LogP) is 0.598. The summed E-state index contributed by atoms with van der Waals surface area (Å²) in [5.74, 6) is 0.160. The molecule has 0 aliphatic rings. The van der Waals surface area contributed by atoms with E-state index in [2.05, 4.69) is 15.0 Å². The zero-order valence-electron chi connectivity index (χ0n) is 7.49. The largest absolute Gasteiger partial charge is 0.363 e. The number of nitrogens with zero attached hydrogens (tertiary/aromatic N) is 1. The second-order valence-electron chi connectivity index (χ2n) is 2.71. The van der Waals surface area contributed by atoms with Gasteiger partial charge in [-0.2, -0.15) is 0 Å². The molecule has 0 fully saturated rings. The third-order valence-electron chi connectivity index (χ3n) is 1.84. The Balaban J connectivity index is 2.49. The molecule has 1 aromatic rings. The summed E-state index contributed by atoms with van der Waals surface area (Å²) in [6.07, 6.45) is 2.12. The molecule has 1 rings (SSSR count). The molecule has 0 radical (unpaired) electrons. The molecule has 1 heterocycles. The van der Waals surface area contributed by atoms with Crippen molar-refractivity contribution >= 4 is 11.7 Å². The molecule has 1 atom stereocenters.